The van der Waals surface area contributed by atoms with E-state index < -0.39 is 56.7 Å². The van der Waals surface area contributed by atoms with Crippen molar-refractivity contribution in [1.82, 2.24) is 63.8 Å². The predicted molar refractivity (Wildman–Crippen MR) is 372 cm³/mol. The number of likely N-dealkylation sites (N-methyl/N-ethyl adjacent to an activating group) is 2. The topological polar surface area (TPSA) is 251 Å². The summed E-state index contributed by atoms with van der Waals surface area (Å²) in [5.74, 6) is -6.84. The van der Waals surface area contributed by atoms with Crippen molar-refractivity contribution in [2.75, 3.05) is 104 Å². The van der Waals surface area contributed by atoms with Crippen LogP contribution in [0.3, 0.4) is 0 Å². The number of piperazine rings is 2. The third kappa shape index (κ3) is 23.0. The van der Waals surface area contributed by atoms with Gasteiger partial charge in [-0.25, -0.2) is 75.0 Å². The summed E-state index contributed by atoms with van der Waals surface area (Å²) in [6, 6.07) is 14.2. The Hall–Kier alpha value is -7.47. The van der Waals surface area contributed by atoms with E-state index in [-0.39, 0.29) is 65.7 Å². The zero-order valence-electron chi connectivity index (χ0n) is 55.7. The number of rotatable bonds is 14. The van der Waals surface area contributed by atoms with Crippen molar-refractivity contribution in [3.63, 3.8) is 0 Å². The number of nitrogens with two attached hydrogens (primary N) is 1. The molecule has 5 aromatic carbocycles. The molecule has 0 aliphatic carbocycles. The summed E-state index contributed by atoms with van der Waals surface area (Å²) in [5.41, 5.74) is 10.3. The molecular formula is C66H73Cl4F8N15O7S. The Labute approximate surface area is 596 Å². The smallest absolute Gasteiger partial charge is 0.294 e. The molecule has 4 N–H and O–H groups in total. The van der Waals surface area contributed by atoms with Crippen LogP contribution >= 0.6 is 46.4 Å². The molecular weight excluding hydrogens is 1440 g/mol. The number of hydrogen-bond donors (Lipinski definition) is 3. The van der Waals surface area contributed by atoms with Gasteiger partial charge >= 0.3 is 0 Å². The van der Waals surface area contributed by atoms with Gasteiger partial charge in [0, 0.05) is 165 Å². The van der Waals surface area contributed by atoms with Gasteiger partial charge in [-0.1, -0.05) is 64.1 Å². The molecule has 2 aliphatic heterocycles. The fourth-order valence-electron chi connectivity index (χ4n) is 9.60. The van der Waals surface area contributed by atoms with Crippen LogP contribution in [0, 0.1) is 53.5 Å². The molecule has 6 aromatic heterocycles. The number of halogens is 12. The van der Waals surface area contributed by atoms with Crippen molar-refractivity contribution in [1.29, 1.82) is 0 Å². The molecule has 0 unspecified atom stereocenters. The Bertz CT molecular complexity index is 4570. The fourth-order valence-corrected chi connectivity index (χ4v) is 10.8. The number of hydrogen-bond acceptors (Lipinski definition) is 19. The summed E-state index contributed by atoms with van der Waals surface area (Å²) in [4.78, 5) is 39.3. The molecule has 101 heavy (non-hydrogen) atoms. The van der Waals surface area contributed by atoms with Gasteiger partial charge in [0.1, 0.15) is 0 Å². The van der Waals surface area contributed by atoms with E-state index in [0.717, 1.165) is 93.1 Å². The summed E-state index contributed by atoms with van der Waals surface area (Å²) < 4.78 is 159. The first-order valence-corrected chi connectivity index (χ1v) is 34.3. The van der Waals surface area contributed by atoms with Crippen molar-refractivity contribution in [3.8, 4) is 0 Å². The van der Waals surface area contributed by atoms with Crippen molar-refractivity contribution < 1.29 is 67.0 Å². The molecule has 0 amide bonds. The third-order valence-electron chi connectivity index (χ3n) is 14.7. The number of fused-ring (bicyclic) bond motifs is 8. The zero-order chi connectivity index (χ0) is 73.7. The molecule has 22 nitrogen and oxygen atoms in total. The van der Waals surface area contributed by atoms with E-state index in [9.17, 15) is 43.5 Å². The molecule has 0 atom stereocenters. The van der Waals surface area contributed by atoms with Crippen LogP contribution in [-0.4, -0.2) is 183 Å². The van der Waals surface area contributed by atoms with Crippen molar-refractivity contribution in [2.24, 2.45) is 5.73 Å². The van der Waals surface area contributed by atoms with Gasteiger partial charge in [-0.15, -0.1) is 0 Å². The highest BCUT2D eigenvalue weighted by Crippen LogP contribution is 2.28. The largest absolute Gasteiger partial charge is 0.353 e. The Morgan fingerprint density at radius 3 is 1.34 bits per heavy atom. The lowest BCUT2D eigenvalue weighted by atomic mass is 10.2. The van der Waals surface area contributed by atoms with E-state index >= 15 is 0 Å². The molecule has 2 saturated heterocycles. The van der Waals surface area contributed by atoms with E-state index in [1.165, 1.54) is 37.5 Å². The first-order chi connectivity index (χ1) is 48.2. The first-order valence-electron chi connectivity index (χ1n) is 31.4. The quantitative estimate of drug-likeness (QED) is 0.0520. The summed E-state index contributed by atoms with van der Waals surface area (Å²) >= 11 is 23.0. The standard InChI is InChI=1S/C15H17ClF2N2O2.C15H15F2N5.C10H4ClF2N3.C8H2Cl2F2N2.C7H8O3S.C6H15NO2.C5H12N2/c1-3-21-14(22-4-2)6-5-11-15(16)20-13-8-10(18)9(17)7-12(13)19-11;1-20-4-6-21(7-5-20)15-14-18-2-3-22(14)13-9-11(17)10(16)8-12(13)19-15;11-9-10-14-1-2-16(10)8-4-6(13)5(12)3-7(8)15-9;9-7-8(10)14-6-2-4(12)3(11)1-5(6)13-7;1-6-2-4-7(5-3-6)11(8,9)10;1-3-8-6(5-7)9-4-2;1-7-4-2-6-3-5-7/h7-8,14H,3-6H2,1-2H3;2-3,8-9H,4-7H2,1H3;1-4H;1-2H;2-5H,1H3,(H,8,9,10);6H,3-5,7H2,1-2H3;6H,2-5H2,1H3. The maximum Gasteiger partial charge on any atom is 0.294 e. The van der Waals surface area contributed by atoms with Crippen LogP contribution < -0.4 is 16.0 Å². The number of aryl methyl sites for hydroxylation is 2. The lowest BCUT2D eigenvalue weighted by molar-refractivity contribution is -0.139. The third-order valence-corrected chi connectivity index (χ3v) is 16.7. The number of nitrogens with zero attached hydrogens (tertiary/aromatic N) is 13. The molecule has 2 aliphatic rings. The van der Waals surface area contributed by atoms with Crippen LogP contribution in [0.25, 0.3) is 55.4 Å². The van der Waals surface area contributed by atoms with Gasteiger partial charge in [-0.05, 0) is 67.3 Å². The van der Waals surface area contributed by atoms with Gasteiger partial charge in [0.15, 0.2) is 96.8 Å². The molecule has 8 heterocycles. The molecule has 2 fully saturated rings. The van der Waals surface area contributed by atoms with E-state index in [0.29, 0.717) is 79.4 Å². The van der Waals surface area contributed by atoms with Crippen LogP contribution in [0.4, 0.5) is 40.9 Å². The summed E-state index contributed by atoms with van der Waals surface area (Å²) in [7, 11) is 0.212. The first kappa shape index (κ1) is 80.8. The molecule has 0 radical (unpaired) electrons. The van der Waals surface area contributed by atoms with Gasteiger partial charge in [-0.2, -0.15) is 8.42 Å². The number of nitrogens with one attached hydrogen (secondary N) is 1. The van der Waals surface area contributed by atoms with Crippen LogP contribution in [0.15, 0.2) is 102 Å². The second-order valence-corrected chi connectivity index (χ2v) is 24.8. The maximum atomic E-state index is 13.5. The molecule has 35 heteroatoms. The molecule has 13 rings (SSSR count). The monoisotopic (exact) mass is 1510 g/mol. The van der Waals surface area contributed by atoms with Gasteiger partial charge in [0.2, 0.25) is 0 Å². The van der Waals surface area contributed by atoms with Crippen LogP contribution in [-0.2, 0) is 35.5 Å². The lowest BCUT2D eigenvalue weighted by Gasteiger charge is -2.33. The highest BCUT2D eigenvalue weighted by atomic mass is 35.5. The van der Waals surface area contributed by atoms with E-state index in [4.69, 9.17) is 75.6 Å². The number of ether oxygens (including phenoxy) is 4. The number of benzene rings is 5. The minimum Gasteiger partial charge on any atom is -0.353 e. The second kappa shape index (κ2) is 38.7. The van der Waals surface area contributed by atoms with Gasteiger partial charge in [-0.3, -0.25) is 13.4 Å². The Balaban J connectivity index is 0.000000171. The molecule has 544 valence electrons. The normalized spacial score (nSPS) is 13.4. The van der Waals surface area contributed by atoms with Crippen molar-refractivity contribution in [2.45, 2.75) is 64.9 Å². The summed E-state index contributed by atoms with van der Waals surface area (Å²) in [5, 5.41) is 3.53. The molecule has 0 bridgehead atoms. The molecule has 0 spiro atoms. The lowest BCUT2D eigenvalue weighted by Crippen LogP contribution is -2.45. The average Bonchev–Trinajstić information content (AvgIpc) is 1.72. The highest BCUT2D eigenvalue weighted by Gasteiger charge is 2.22. The van der Waals surface area contributed by atoms with E-state index in [1.807, 2.05) is 34.6 Å². The van der Waals surface area contributed by atoms with Crippen LogP contribution in [0.2, 0.25) is 20.6 Å². The van der Waals surface area contributed by atoms with Crippen molar-refractivity contribution >= 4 is 118 Å². The Kier molecular flexibility index (Phi) is 31.0. The minimum atomic E-state index is -4.02. The number of aromatic nitrogens is 10. The number of anilines is 1. The molecule has 11 aromatic rings. The zero-order valence-corrected chi connectivity index (χ0v) is 59.6. The maximum absolute atomic E-state index is 13.5. The second-order valence-electron chi connectivity index (χ2n) is 22.0. The highest BCUT2D eigenvalue weighted by molar-refractivity contribution is 7.85. The van der Waals surface area contributed by atoms with Crippen molar-refractivity contribution in [3.05, 3.63) is 176 Å². The summed E-state index contributed by atoms with van der Waals surface area (Å²) in [6.07, 6.45) is 6.98. The Morgan fingerprint density at radius 2 is 0.901 bits per heavy atom. The predicted octanol–water partition coefficient (Wildman–Crippen LogP) is 12.9. The van der Waals surface area contributed by atoms with Gasteiger partial charge < -0.3 is 44.7 Å². The van der Waals surface area contributed by atoms with E-state index in [2.05, 4.69) is 74.0 Å². The van der Waals surface area contributed by atoms with Crippen LogP contribution in [0.1, 0.15) is 45.4 Å². The SMILES string of the molecule is CCOC(CCc1nc2cc(F)c(F)cc2nc1Cl)OCC.CCOC(CN)OCC.CN1CCN(c2nc3cc(F)c(F)cc3n3ccnc23)CC1.CN1CCNCC1.Cc1ccc(S(=O)(=O)O)cc1.Fc1cc2nc(Cl)c(Cl)nc2cc1F.Fc1cc2nc(Cl)c3nccn3c2cc1F. The van der Waals surface area contributed by atoms with Crippen LogP contribution in [0.5, 0.6) is 0 Å². The minimum absolute atomic E-state index is 0.0369. The average molecular weight is 1510 g/mol. The van der Waals surface area contributed by atoms with Gasteiger partial charge in [0.05, 0.1) is 54.7 Å². The van der Waals surface area contributed by atoms with E-state index in [1.54, 1.807) is 39.5 Å². The fraction of sp³-hybridized carbons (Fsp3) is 0.364. The molecule has 0 saturated carbocycles. The summed E-state index contributed by atoms with van der Waals surface area (Å²) in [6.45, 7) is 20.5. The number of imidazole rings is 2. The Morgan fingerprint density at radius 1 is 0.515 bits per heavy atom. The van der Waals surface area contributed by atoms with Gasteiger partial charge in [0.25, 0.3) is 10.1 Å².